The monoisotopic (exact) mass is 364 g/mol. The molecule has 0 bridgehead atoms. The first-order valence-corrected chi connectivity index (χ1v) is 9.03. The van der Waals surface area contributed by atoms with Crippen molar-refractivity contribution in [3.05, 3.63) is 58.3 Å². The molecule has 4 heteroatoms. The van der Waals surface area contributed by atoms with Crippen LogP contribution in [0.4, 0.5) is 0 Å². The Hall–Kier alpha value is -0.840. The first-order chi connectivity index (χ1) is 10.2. The van der Waals surface area contributed by atoms with Crippen LogP contribution in [0.25, 0.3) is 0 Å². The number of benzene rings is 1. The fourth-order valence-corrected chi connectivity index (χ4v) is 3.12. The van der Waals surface area contributed by atoms with Crippen LogP contribution in [0.15, 0.2) is 52.0 Å². The number of hydrogen-bond donors (Lipinski definition) is 1. The van der Waals surface area contributed by atoms with Crippen LogP contribution < -0.4 is 5.32 Å². The van der Waals surface area contributed by atoms with Gasteiger partial charge < -0.3 is 5.32 Å². The van der Waals surface area contributed by atoms with Crippen LogP contribution in [0.1, 0.15) is 37.6 Å². The van der Waals surface area contributed by atoms with Crippen LogP contribution in [-0.2, 0) is 5.75 Å². The Kier molecular flexibility index (Phi) is 6.74. The molecule has 112 valence electrons. The summed E-state index contributed by atoms with van der Waals surface area (Å²) in [7, 11) is 0. The first-order valence-electron chi connectivity index (χ1n) is 7.25. The molecule has 0 radical (unpaired) electrons. The summed E-state index contributed by atoms with van der Waals surface area (Å²) in [4.78, 5) is 5.71. The lowest BCUT2D eigenvalue weighted by atomic mass is 10.1. The van der Waals surface area contributed by atoms with E-state index in [4.69, 9.17) is 0 Å². The Morgan fingerprint density at radius 1 is 1.29 bits per heavy atom. The van der Waals surface area contributed by atoms with Gasteiger partial charge in [-0.2, -0.15) is 0 Å². The van der Waals surface area contributed by atoms with Crippen molar-refractivity contribution in [1.82, 2.24) is 10.3 Å². The molecule has 0 saturated carbocycles. The molecule has 0 spiro atoms. The molecular formula is C17H21BrN2S. The van der Waals surface area contributed by atoms with E-state index in [1.165, 1.54) is 10.5 Å². The summed E-state index contributed by atoms with van der Waals surface area (Å²) in [6, 6.07) is 13.3. The van der Waals surface area contributed by atoms with Gasteiger partial charge in [0.2, 0.25) is 0 Å². The molecule has 0 fully saturated rings. The minimum absolute atomic E-state index is 0.399. The second-order valence-corrected chi connectivity index (χ2v) is 6.97. The smallest absolute Gasteiger partial charge is 0.0507 e. The van der Waals surface area contributed by atoms with E-state index in [2.05, 4.69) is 70.4 Å². The summed E-state index contributed by atoms with van der Waals surface area (Å²) in [5, 5.41) is 3.53. The number of rotatable bonds is 7. The Morgan fingerprint density at radius 3 is 2.86 bits per heavy atom. The third-order valence-electron chi connectivity index (χ3n) is 3.23. The number of aromatic nitrogens is 1. The zero-order chi connectivity index (χ0) is 15.1. The molecule has 0 aliphatic rings. The minimum Gasteiger partial charge on any atom is -0.310 e. The molecule has 21 heavy (non-hydrogen) atoms. The Balaban J connectivity index is 1.95. The number of thioether (sulfide) groups is 1. The third-order valence-corrected chi connectivity index (χ3v) is 4.73. The lowest BCUT2D eigenvalue weighted by Gasteiger charge is -2.14. The van der Waals surface area contributed by atoms with Gasteiger partial charge in [-0.15, -0.1) is 11.8 Å². The van der Waals surface area contributed by atoms with Gasteiger partial charge in [-0.05, 0) is 65.6 Å². The number of nitrogens with zero attached hydrogens (tertiary/aromatic N) is 1. The highest BCUT2D eigenvalue weighted by Crippen LogP contribution is 2.25. The lowest BCUT2D eigenvalue weighted by molar-refractivity contribution is 0.570. The van der Waals surface area contributed by atoms with E-state index in [0.29, 0.717) is 6.04 Å². The Labute approximate surface area is 139 Å². The second-order valence-electron chi connectivity index (χ2n) is 5.00. The number of nitrogens with one attached hydrogen (secondary N) is 1. The van der Waals surface area contributed by atoms with Gasteiger partial charge >= 0.3 is 0 Å². The van der Waals surface area contributed by atoms with E-state index in [1.807, 2.05) is 24.0 Å². The zero-order valence-corrected chi connectivity index (χ0v) is 14.9. The molecule has 1 aromatic carbocycles. The summed E-state index contributed by atoms with van der Waals surface area (Å²) < 4.78 is 1.02. The van der Waals surface area contributed by atoms with E-state index < -0.39 is 0 Å². The van der Waals surface area contributed by atoms with E-state index in [1.54, 1.807) is 0 Å². The summed E-state index contributed by atoms with van der Waals surface area (Å²) in [6.45, 7) is 5.47. The molecule has 0 saturated heterocycles. The van der Waals surface area contributed by atoms with E-state index in [9.17, 15) is 0 Å². The van der Waals surface area contributed by atoms with Crippen LogP contribution in [0.3, 0.4) is 0 Å². The van der Waals surface area contributed by atoms with Crippen molar-refractivity contribution in [2.24, 2.45) is 0 Å². The van der Waals surface area contributed by atoms with Gasteiger partial charge in [-0.1, -0.05) is 19.1 Å². The average molecular weight is 365 g/mol. The fraction of sp³-hybridized carbons (Fsp3) is 0.353. The largest absolute Gasteiger partial charge is 0.310 e. The molecular weight excluding hydrogens is 344 g/mol. The summed E-state index contributed by atoms with van der Waals surface area (Å²) in [5.74, 6) is 0.896. The second kappa shape index (κ2) is 8.57. The maximum atomic E-state index is 4.41. The van der Waals surface area contributed by atoms with Crippen LogP contribution in [-0.4, -0.2) is 11.5 Å². The lowest BCUT2D eigenvalue weighted by Crippen LogP contribution is -2.19. The van der Waals surface area contributed by atoms with Crippen LogP contribution in [0.5, 0.6) is 0 Å². The maximum Gasteiger partial charge on any atom is 0.0507 e. The van der Waals surface area contributed by atoms with Crippen molar-refractivity contribution < 1.29 is 0 Å². The van der Waals surface area contributed by atoms with Gasteiger partial charge in [0.1, 0.15) is 0 Å². The SMILES string of the molecule is CCCNC(C)c1cccc(SCc2ccc(Br)cn2)c1. The molecule has 0 aliphatic heterocycles. The minimum atomic E-state index is 0.399. The van der Waals surface area contributed by atoms with Crippen molar-refractivity contribution >= 4 is 27.7 Å². The number of pyridine rings is 1. The predicted octanol–water partition coefficient (Wildman–Crippen LogP) is 5.20. The van der Waals surface area contributed by atoms with Gasteiger partial charge in [0.25, 0.3) is 0 Å². The molecule has 1 N–H and O–H groups in total. The molecule has 1 aromatic heterocycles. The van der Waals surface area contributed by atoms with Gasteiger partial charge in [-0.3, -0.25) is 4.98 Å². The average Bonchev–Trinajstić information content (AvgIpc) is 2.52. The highest BCUT2D eigenvalue weighted by atomic mass is 79.9. The van der Waals surface area contributed by atoms with E-state index in [-0.39, 0.29) is 0 Å². The predicted molar refractivity (Wildman–Crippen MR) is 94.6 cm³/mol. The molecule has 0 aliphatic carbocycles. The van der Waals surface area contributed by atoms with Gasteiger partial charge in [0.15, 0.2) is 0 Å². The molecule has 1 atom stereocenters. The molecule has 0 amide bonds. The number of hydrogen-bond acceptors (Lipinski definition) is 3. The van der Waals surface area contributed by atoms with Gasteiger partial charge in [0, 0.05) is 27.4 Å². The normalized spacial score (nSPS) is 12.3. The van der Waals surface area contributed by atoms with Crippen LogP contribution in [0, 0.1) is 0 Å². The molecule has 2 nitrogen and oxygen atoms in total. The van der Waals surface area contributed by atoms with E-state index in [0.717, 1.165) is 28.9 Å². The van der Waals surface area contributed by atoms with Crippen molar-refractivity contribution in [3.63, 3.8) is 0 Å². The molecule has 1 unspecified atom stereocenters. The van der Waals surface area contributed by atoms with Crippen molar-refractivity contribution in [1.29, 1.82) is 0 Å². The van der Waals surface area contributed by atoms with Crippen LogP contribution >= 0.6 is 27.7 Å². The molecule has 2 aromatic rings. The Morgan fingerprint density at radius 2 is 2.14 bits per heavy atom. The topological polar surface area (TPSA) is 24.9 Å². The molecule has 2 rings (SSSR count). The van der Waals surface area contributed by atoms with Crippen molar-refractivity contribution in [2.45, 2.75) is 37.0 Å². The van der Waals surface area contributed by atoms with Gasteiger partial charge in [-0.25, -0.2) is 0 Å². The standard InChI is InChI=1S/C17H21BrN2S/c1-3-9-19-13(2)14-5-4-6-17(10-14)21-12-16-8-7-15(18)11-20-16/h4-8,10-11,13,19H,3,9,12H2,1-2H3. The summed E-state index contributed by atoms with van der Waals surface area (Å²) in [6.07, 6.45) is 3.01. The van der Waals surface area contributed by atoms with Crippen LogP contribution in [0.2, 0.25) is 0 Å². The first kappa shape index (κ1) is 16.5. The van der Waals surface area contributed by atoms with Gasteiger partial charge in [0.05, 0.1) is 5.69 Å². The quantitative estimate of drug-likeness (QED) is 0.683. The zero-order valence-electron chi connectivity index (χ0n) is 12.5. The third kappa shape index (κ3) is 5.46. The van der Waals surface area contributed by atoms with E-state index >= 15 is 0 Å². The van der Waals surface area contributed by atoms with Crippen molar-refractivity contribution in [3.8, 4) is 0 Å². The molecule has 1 heterocycles. The highest BCUT2D eigenvalue weighted by molar-refractivity contribution is 9.10. The fourth-order valence-electron chi connectivity index (χ4n) is 2.00. The maximum absolute atomic E-state index is 4.41. The summed E-state index contributed by atoms with van der Waals surface area (Å²) in [5.41, 5.74) is 2.45. The number of halogens is 1. The Bertz CT molecular complexity index is 557. The summed E-state index contributed by atoms with van der Waals surface area (Å²) >= 11 is 5.24. The highest BCUT2D eigenvalue weighted by Gasteiger charge is 2.05. The van der Waals surface area contributed by atoms with Crippen molar-refractivity contribution in [2.75, 3.05) is 6.54 Å².